The van der Waals surface area contributed by atoms with E-state index in [-0.39, 0.29) is 18.9 Å². The van der Waals surface area contributed by atoms with Gasteiger partial charge in [0.15, 0.2) is 0 Å². The van der Waals surface area contributed by atoms with Crippen LogP contribution in [0.3, 0.4) is 0 Å². The number of carbonyl (C=O) groups excluding carboxylic acids is 1. The molecular weight excluding hydrogens is 258 g/mol. The van der Waals surface area contributed by atoms with Gasteiger partial charge in [-0.2, -0.15) is 0 Å². The third-order valence-electron chi connectivity index (χ3n) is 3.22. The Morgan fingerprint density at radius 3 is 2.65 bits per heavy atom. The lowest BCUT2D eigenvalue weighted by Crippen LogP contribution is -2.33. The van der Waals surface area contributed by atoms with E-state index in [4.69, 9.17) is 9.84 Å². The number of amides is 1. The first-order chi connectivity index (χ1) is 9.47. The smallest absolute Gasteiger partial charge is 0.308 e. The topological polar surface area (TPSA) is 75.6 Å². The number of aryl methyl sites for hydroxylation is 1. The van der Waals surface area contributed by atoms with E-state index in [1.165, 1.54) is 0 Å². The van der Waals surface area contributed by atoms with E-state index in [1.807, 2.05) is 25.1 Å². The number of carboxylic acid groups (broad SMARTS) is 1. The van der Waals surface area contributed by atoms with Crippen LogP contribution >= 0.6 is 0 Å². The standard InChI is InChI=1S/C15H21NO4/c1-4-12(15(18)19)9-16-14(17)8-11-6-5-10(2)13(7-11)20-3/h5-7,12H,4,8-9H2,1-3H3,(H,16,17)(H,18,19). The molecule has 1 aromatic rings. The molecule has 1 atom stereocenters. The molecule has 0 bridgehead atoms. The van der Waals surface area contributed by atoms with Crippen LogP contribution in [-0.2, 0) is 16.0 Å². The molecule has 0 aromatic heterocycles. The first-order valence-electron chi connectivity index (χ1n) is 6.61. The number of carbonyl (C=O) groups is 2. The molecule has 1 rings (SSSR count). The molecule has 2 N–H and O–H groups in total. The lowest BCUT2D eigenvalue weighted by molar-refractivity contribution is -0.141. The highest BCUT2D eigenvalue weighted by Crippen LogP contribution is 2.19. The van der Waals surface area contributed by atoms with Crippen molar-refractivity contribution in [3.8, 4) is 5.75 Å². The zero-order valence-electron chi connectivity index (χ0n) is 12.1. The monoisotopic (exact) mass is 279 g/mol. The van der Waals surface area contributed by atoms with E-state index < -0.39 is 11.9 Å². The SMILES string of the molecule is CCC(CNC(=O)Cc1ccc(C)c(OC)c1)C(=O)O. The van der Waals surface area contributed by atoms with Gasteiger partial charge in [-0.3, -0.25) is 9.59 Å². The number of rotatable bonds is 7. The minimum Gasteiger partial charge on any atom is -0.496 e. The molecule has 0 radical (unpaired) electrons. The van der Waals surface area contributed by atoms with Gasteiger partial charge in [-0.1, -0.05) is 19.1 Å². The Kier molecular flexibility index (Phi) is 6.03. The van der Waals surface area contributed by atoms with E-state index in [0.29, 0.717) is 6.42 Å². The molecule has 0 saturated heterocycles. The highest BCUT2D eigenvalue weighted by molar-refractivity contribution is 5.79. The van der Waals surface area contributed by atoms with Gasteiger partial charge in [0.25, 0.3) is 0 Å². The van der Waals surface area contributed by atoms with Gasteiger partial charge in [-0.15, -0.1) is 0 Å². The fraction of sp³-hybridized carbons (Fsp3) is 0.467. The van der Waals surface area contributed by atoms with Crippen LogP contribution in [0.2, 0.25) is 0 Å². The average Bonchev–Trinajstić information content (AvgIpc) is 2.41. The lowest BCUT2D eigenvalue weighted by atomic mass is 10.1. The van der Waals surface area contributed by atoms with Crippen LogP contribution in [0.1, 0.15) is 24.5 Å². The molecule has 0 heterocycles. The normalized spacial score (nSPS) is 11.8. The molecule has 0 saturated carbocycles. The number of aliphatic carboxylic acids is 1. The number of benzene rings is 1. The Balaban J connectivity index is 2.56. The predicted molar refractivity (Wildman–Crippen MR) is 75.9 cm³/mol. The Morgan fingerprint density at radius 2 is 2.10 bits per heavy atom. The summed E-state index contributed by atoms with van der Waals surface area (Å²) in [6, 6.07) is 5.59. The van der Waals surface area contributed by atoms with Crippen molar-refractivity contribution in [1.29, 1.82) is 0 Å². The molecule has 1 aromatic carbocycles. The van der Waals surface area contributed by atoms with E-state index >= 15 is 0 Å². The van der Waals surface area contributed by atoms with Crippen molar-refractivity contribution >= 4 is 11.9 Å². The Labute approximate surface area is 118 Å². The summed E-state index contributed by atoms with van der Waals surface area (Å²) in [5, 5.41) is 11.6. The van der Waals surface area contributed by atoms with Crippen LogP contribution in [0.15, 0.2) is 18.2 Å². The summed E-state index contributed by atoms with van der Waals surface area (Å²) in [5.74, 6) is -0.862. The van der Waals surface area contributed by atoms with Gasteiger partial charge in [0.1, 0.15) is 5.75 Å². The highest BCUT2D eigenvalue weighted by Gasteiger charge is 2.16. The molecule has 0 aliphatic carbocycles. The van der Waals surface area contributed by atoms with Crippen molar-refractivity contribution in [1.82, 2.24) is 5.32 Å². The Bertz CT molecular complexity index is 485. The zero-order valence-corrected chi connectivity index (χ0v) is 12.1. The third kappa shape index (κ3) is 4.57. The van der Waals surface area contributed by atoms with Crippen molar-refractivity contribution in [3.05, 3.63) is 29.3 Å². The Hall–Kier alpha value is -2.04. The molecule has 0 aliphatic rings. The first-order valence-corrected chi connectivity index (χ1v) is 6.61. The number of ether oxygens (including phenoxy) is 1. The van der Waals surface area contributed by atoms with E-state index in [9.17, 15) is 9.59 Å². The first kappa shape index (κ1) is 16.0. The molecule has 110 valence electrons. The zero-order chi connectivity index (χ0) is 15.1. The summed E-state index contributed by atoms with van der Waals surface area (Å²) in [4.78, 5) is 22.6. The summed E-state index contributed by atoms with van der Waals surface area (Å²) in [7, 11) is 1.59. The molecular formula is C15H21NO4. The van der Waals surface area contributed by atoms with Gasteiger partial charge in [-0.25, -0.2) is 0 Å². The third-order valence-corrected chi connectivity index (χ3v) is 3.22. The van der Waals surface area contributed by atoms with Crippen molar-refractivity contribution < 1.29 is 19.4 Å². The number of nitrogens with one attached hydrogen (secondary N) is 1. The molecule has 1 amide bonds. The molecule has 1 unspecified atom stereocenters. The van der Waals surface area contributed by atoms with E-state index in [1.54, 1.807) is 14.0 Å². The van der Waals surface area contributed by atoms with Gasteiger partial charge in [0.2, 0.25) is 5.91 Å². The predicted octanol–water partition coefficient (Wildman–Crippen LogP) is 1.77. The summed E-state index contributed by atoms with van der Waals surface area (Å²) in [6.45, 7) is 3.88. The van der Waals surface area contributed by atoms with Gasteiger partial charge in [0, 0.05) is 6.54 Å². The maximum absolute atomic E-state index is 11.8. The van der Waals surface area contributed by atoms with Crippen LogP contribution in [0.5, 0.6) is 5.75 Å². The summed E-state index contributed by atoms with van der Waals surface area (Å²) < 4.78 is 5.20. The number of hydrogen-bond acceptors (Lipinski definition) is 3. The largest absolute Gasteiger partial charge is 0.496 e. The summed E-state index contributed by atoms with van der Waals surface area (Å²) in [6.07, 6.45) is 0.709. The van der Waals surface area contributed by atoms with Gasteiger partial charge in [0.05, 0.1) is 19.4 Å². The van der Waals surface area contributed by atoms with Crippen molar-refractivity contribution in [3.63, 3.8) is 0 Å². The van der Waals surface area contributed by atoms with Crippen molar-refractivity contribution in [2.24, 2.45) is 5.92 Å². The van der Waals surface area contributed by atoms with Crippen LogP contribution in [0.25, 0.3) is 0 Å². The van der Waals surface area contributed by atoms with Gasteiger partial charge < -0.3 is 15.2 Å². The second-order valence-corrected chi connectivity index (χ2v) is 4.73. The van der Waals surface area contributed by atoms with Crippen molar-refractivity contribution in [2.75, 3.05) is 13.7 Å². The molecule has 0 spiro atoms. The summed E-state index contributed by atoms with van der Waals surface area (Å²) >= 11 is 0. The average molecular weight is 279 g/mol. The second kappa shape index (κ2) is 7.53. The van der Waals surface area contributed by atoms with Crippen LogP contribution in [-0.4, -0.2) is 30.6 Å². The molecule has 0 aliphatic heterocycles. The van der Waals surface area contributed by atoms with Crippen molar-refractivity contribution in [2.45, 2.75) is 26.7 Å². The lowest BCUT2D eigenvalue weighted by Gasteiger charge is -2.12. The maximum Gasteiger partial charge on any atom is 0.308 e. The molecule has 5 heteroatoms. The second-order valence-electron chi connectivity index (χ2n) is 4.73. The maximum atomic E-state index is 11.8. The fourth-order valence-corrected chi connectivity index (χ4v) is 1.87. The number of methoxy groups -OCH3 is 1. The van der Waals surface area contributed by atoms with Gasteiger partial charge in [-0.05, 0) is 30.5 Å². The Morgan fingerprint density at radius 1 is 1.40 bits per heavy atom. The van der Waals surface area contributed by atoms with Gasteiger partial charge >= 0.3 is 5.97 Å². The van der Waals surface area contributed by atoms with E-state index in [2.05, 4.69) is 5.32 Å². The molecule has 20 heavy (non-hydrogen) atoms. The molecule has 0 fully saturated rings. The minimum absolute atomic E-state index is 0.160. The number of carboxylic acids is 1. The minimum atomic E-state index is -0.884. The summed E-state index contributed by atoms with van der Waals surface area (Å²) in [5.41, 5.74) is 1.85. The quantitative estimate of drug-likeness (QED) is 0.797. The molecule has 5 nitrogen and oxygen atoms in total. The van der Waals surface area contributed by atoms with Crippen LogP contribution < -0.4 is 10.1 Å². The van der Waals surface area contributed by atoms with E-state index in [0.717, 1.165) is 16.9 Å². The van der Waals surface area contributed by atoms with Crippen LogP contribution in [0, 0.1) is 12.8 Å². The highest BCUT2D eigenvalue weighted by atomic mass is 16.5. The fourth-order valence-electron chi connectivity index (χ4n) is 1.87. The number of hydrogen-bond donors (Lipinski definition) is 2. The van der Waals surface area contributed by atoms with Crippen LogP contribution in [0.4, 0.5) is 0 Å².